The van der Waals surface area contributed by atoms with Crippen LogP contribution in [0.15, 0.2) is 23.3 Å². The number of rotatable bonds is 2. The average molecular weight is 204 g/mol. The number of amides is 1. The topological polar surface area (TPSA) is 41.5 Å². The highest BCUT2D eigenvalue weighted by Crippen LogP contribution is 2.11. The number of carbonyl (C=O) groups excluding carboxylic acids is 1. The lowest BCUT2D eigenvalue weighted by Gasteiger charge is -2.06. The van der Waals surface area contributed by atoms with E-state index in [0.29, 0.717) is 0 Å². The quantitative estimate of drug-likeness (QED) is 0.582. The van der Waals surface area contributed by atoms with Crippen LogP contribution in [0.4, 0.5) is 0 Å². The van der Waals surface area contributed by atoms with Gasteiger partial charge in [0.05, 0.1) is 5.71 Å². The first-order valence-corrected chi connectivity index (χ1v) is 4.89. The summed E-state index contributed by atoms with van der Waals surface area (Å²) in [4.78, 5) is 10.7. The molecule has 0 spiro atoms. The van der Waals surface area contributed by atoms with Gasteiger partial charge in [-0.2, -0.15) is 5.10 Å². The van der Waals surface area contributed by atoms with Crippen molar-refractivity contribution in [3.8, 4) is 0 Å². The molecule has 0 atom stereocenters. The SMILES string of the molecule is CC(=O)N/N=C(/C)c1ccc(C)cc1C. The second-order valence-corrected chi connectivity index (χ2v) is 3.68. The maximum Gasteiger partial charge on any atom is 0.236 e. The summed E-state index contributed by atoms with van der Waals surface area (Å²) in [5.74, 6) is -0.154. The molecule has 0 saturated carbocycles. The zero-order valence-corrected chi connectivity index (χ0v) is 9.59. The van der Waals surface area contributed by atoms with Crippen molar-refractivity contribution in [2.75, 3.05) is 0 Å². The molecule has 0 bridgehead atoms. The first-order chi connectivity index (χ1) is 7.00. The Labute approximate surface area is 90.2 Å². The summed E-state index contributed by atoms with van der Waals surface area (Å²) in [6.45, 7) is 7.42. The second-order valence-electron chi connectivity index (χ2n) is 3.68. The van der Waals surface area contributed by atoms with E-state index in [1.807, 2.05) is 26.0 Å². The van der Waals surface area contributed by atoms with Crippen LogP contribution in [0.25, 0.3) is 0 Å². The summed E-state index contributed by atoms with van der Waals surface area (Å²) in [7, 11) is 0. The maximum absolute atomic E-state index is 10.7. The van der Waals surface area contributed by atoms with Gasteiger partial charge in [0, 0.05) is 12.5 Å². The van der Waals surface area contributed by atoms with Crippen LogP contribution in [0, 0.1) is 13.8 Å². The minimum Gasteiger partial charge on any atom is -0.274 e. The zero-order valence-electron chi connectivity index (χ0n) is 9.59. The first kappa shape index (κ1) is 11.4. The number of carbonyl (C=O) groups is 1. The lowest BCUT2D eigenvalue weighted by atomic mass is 10.0. The smallest absolute Gasteiger partial charge is 0.236 e. The van der Waals surface area contributed by atoms with Gasteiger partial charge in [0.2, 0.25) is 5.91 Å². The number of nitrogens with one attached hydrogen (secondary N) is 1. The van der Waals surface area contributed by atoms with E-state index in [-0.39, 0.29) is 5.91 Å². The minimum atomic E-state index is -0.154. The number of nitrogens with zero attached hydrogens (tertiary/aromatic N) is 1. The fraction of sp³-hybridized carbons (Fsp3) is 0.333. The van der Waals surface area contributed by atoms with Crippen LogP contribution in [0.5, 0.6) is 0 Å². The zero-order chi connectivity index (χ0) is 11.4. The van der Waals surface area contributed by atoms with Crippen molar-refractivity contribution in [3.05, 3.63) is 34.9 Å². The van der Waals surface area contributed by atoms with E-state index in [0.717, 1.165) is 11.3 Å². The molecule has 1 aromatic carbocycles. The van der Waals surface area contributed by atoms with Gasteiger partial charge >= 0.3 is 0 Å². The Kier molecular flexibility index (Phi) is 3.61. The third kappa shape index (κ3) is 3.20. The predicted octanol–water partition coefficient (Wildman–Crippen LogP) is 2.16. The van der Waals surface area contributed by atoms with Crippen molar-refractivity contribution in [1.82, 2.24) is 5.43 Å². The molecule has 3 heteroatoms. The monoisotopic (exact) mass is 204 g/mol. The van der Waals surface area contributed by atoms with Crippen LogP contribution in [-0.4, -0.2) is 11.6 Å². The molecule has 1 aromatic rings. The van der Waals surface area contributed by atoms with Gasteiger partial charge in [0.25, 0.3) is 0 Å². The van der Waals surface area contributed by atoms with Crippen molar-refractivity contribution in [3.63, 3.8) is 0 Å². The standard InChI is InChI=1S/C12H16N2O/c1-8-5-6-12(9(2)7-8)10(3)13-14-11(4)15/h5-7H,1-4H3,(H,14,15)/b13-10-. The molecule has 1 amide bonds. The lowest BCUT2D eigenvalue weighted by molar-refractivity contribution is -0.118. The lowest BCUT2D eigenvalue weighted by Crippen LogP contribution is -2.15. The number of aryl methyl sites for hydroxylation is 2. The molecule has 1 rings (SSSR count). The fourth-order valence-electron chi connectivity index (χ4n) is 1.44. The first-order valence-electron chi connectivity index (χ1n) is 4.89. The molecular weight excluding hydrogens is 188 g/mol. The van der Waals surface area contributed by atoms with Crippen LogP contribution in [0.2, 0.25) is 0 Å². The highest BCUT2D eigenvalue weighted by Gasteiger charge is 2.02. The van der Waals surface area contributed by atoms with Crippen molar-refractivity contribution in [2.45, 2.75) is 27.7 Å². The molecule has 0 radical (unpaired) electrons. The fourth-order valence-corrected chi connectivity index (χ4v) is 1.44. The van der Waals surface area contributed by atoms with Crippen molar-refractivity contribution in [1.29, 1.82) is 0 Å². The van der Waals surface area contributed by atoms with Crippen LogP contribution in [0.1, 0.15) is 30.5 Å². The van der Waals surface area contributed by atoms with E-state index in [4.69, 9.17) is 0 Å². The summed E-state index contributed by atoms with van der Waals surface area (Å²) < 4.78 is 0. The van der Waals surface area contributed by atoms with Gasteiger partial charge in [-0.25, -0.2) is 5.43 Å². The molecule has 0 aliphatic carbocycles. The highest BCUT2D eigenvalue weighted by molar-refractivity contribution is 6.00. The third-order valence-electron chi connectivity index (χ3n) is 2.15. The molecule has 0 saturated heterocycles. The molecule has 3 nitrogen and oxygen atoms in total. The molecule has 0 fully saturated rings. The number of hydrogen-bond acceptors (Lipinski definition) is 2. The Morgan fingerprint density at radius 3 is 2.47 bits per heavy atom. The van der Waals surface area contributed by atoms with Crippen LogP contribution < -0.4 is 5.43 Å². The third-order valence-corrected chi connectivity index (χ3v) is 2.15. The Bertz CT molecular complexity index is 408. The average Bonchev–Trinajstić information content (AvgIpc) is 2.14. The van der Waals surface area contributed by atoms with Gasteiger partial charge in [0.15, 0.2) is 0 Å². The van der Waals surface area contributed by atoms with Crippen LogP contribution in [-0.2, 0) is 4.79 Å². The summed E-state index contributed by atoms with van der Waals surface area (Å²) in [6.07, 6.45) is 0. The van der Waals surface area contributed by atoms with Crippen LogP contribution in [0.3, 0.4) is 0 Å². The summed E-state index contributed by atoms with van der Waals surface area (Å²) in [5.41, 5.74) is 6.71. The molecule has 0 heterocycles. The minimum absolute atomic E-state index is 0.154. The molecule has 15 heavy (non-hydrogen) atoms. The second kappa shape index (κ2) is 4.73. The van der Waals surface area contributed by atoms with Gasteiger partial charge in [-0.1, -0.05) is 23.8 Å². The van der Waals surface area contributed by atoms with Gasteiger partial charge < -0.3 is 0 Å². The van der Waals surface area contributed by atoms with Crippen LogP contribution >= 0.6 is 0 Å². The Morgan fingerprint density at radius 2 is 1.93 bits per heavy atom. The number of hydrazone groups is 1. The van der Waals surface area contributed by atoms with Gasteiger partial charge in [-0.3, -0.25) is 4.79 Å². The van der Waals surface area contributed by atoms with Gasteiger partial charge in [0.1, 0.15) is 0 Å². The van der Waals surface area contributed by atoms with Crippen molar-refractivity contribution >= 4 is 11.6 Å². The maximum atomic E-state index is 10.7. The largest absolute Gasteiger partial charge is 0.274 e. The molecule has 1 N–H and O–H groups in total. The highest BCUT2D eigenvalue weighted by atomic mass is 16.2. The molecule has 80 valence electrons. The van der Waals surface area contributed by atoms with E-state index in [1.54, 1.807) is 0 Å². The Morgan fingerprint density at radius 1 is 1.27 bits per heavy atom. The van der Waals surface area contributed by atoms with Crippen molar-refractivity contribution < 1.29 is 4.79 Å². The van der Waals surface area contributed by atoms with E-state index in [1.165, 1.54) is 18.1 Å². The van der Waals surface area contributed by atoms with E-state index in [9.17, 15) is 4.79 Å². The summed E-state index contributed by atoms with van der Waals surface area (Å²) in [5, 5.41) is 4.00. The van der Waals surface area contributed by atoms with E-state index in [2.05, 4.69) is 23.5 Å². The number of hydrogen-bond donors (Lipinski definition) is 1. The molecule has 0 aliphatic heterocycles. The molecule has 0 aromatic heterocycles. The normalized spacial score (nSPS) is 11.3. The Balaban J connectivity index is 2.95. The molecule has 0 aliphatic rings. The number of benzene rings is 1. The van der Waals surface area contributed by atoms with Crippen molar-refractivity contribution in [2.24, 2.45) is 5.10 Å². The molecule has 0 unspecified atom stereocenters. The van der Waals surface area contributed by atoms with Gasteiger partial charge in [-0.05, 0) is 26.3 Å². The predicted molar refractivity (Wildman–Crippen MR) is 61.9 cm³/mol. The summed E-state index contributed by atoms with van der Waals surface area (Å²) >= 11 is 0. The summed E-state index contributed by atoms with van der Waals surface area (Å²) in [6, 6.07) is 6.16. The van der Waals surface area contributed by atoms with Gasteiger partial charge in [-0.15, -0.1) is 0 Å². The van der Waals surface area contributed by atoms with E-state index >= 15 is 0 Å². The Hall–Kier alpha value is -1.64. The molecular formula is C12H16N2O. The van der Waals surface area contributed by atoms with E-state index < -0.39 is 0 Å².